The highest BCUT2D eigenvalue weighted by atomic mass is 16.2. The Balaban J connectivity index is 1.69. The second-order valence-electron chi connectivity index (χ2n) is 6.60. The molecule has 4 nitrogen and oxygen atoms in total. The van der Waals surface area contributed by atoms with Gasteiger partial charge in [-0.25, -0.2) is 0 Å². The van der Waals surface area contributed by atoms with Crippen LogP contribution < -0.4 is 5.32 Å². The van der Waals surface area contributed by atoms with Crippen molar-refractivity contribution in [2.75, 3.05) is 27.3 Å². The zero-order chi connectivity index (χ0) is 12.8. The number of nitrogens with zero attached hydrogens (tertiary/aromatic N) is 2. The summed E-state index contributed by atoms with van der Waals surface area (Å²) in [6.45, 7) is 1.67. The van der Waals surface area contributed by atoms with Crippen LogP contribution in [-0.4, -0.2) is 54.1 Å². The lowest BCUT2D eigenvalue weighted by Gasteiger charge is -2.49. The normalized spacial score (nSPS) is 29.3. The van der Waals surface area contributed by atoms with Crippen LogP contribution in [0.25, 0.3) is 0 Å². The van der Waals surface area contributed by atoms with Crippen molar-refractivity contribution in [1.82, 2.24) is 15.1 Å². The minimum Gasteiger partial charge on any atom is -0.326 e. The molecule has 2 saturated carbocycles. The molecular formula is C14H25N3O. The van der Waals surface area contributed by atoms with Gasteiger partial charge in [-0.05, 0) is 46.2 Å². The number of hydrogen-bond donors (Lipinski definition) is 1. The van der Waals surface area contributed by atoms with E-state index in [4.69, 9.17) is 0 Å². The molecule has 1 N–H and O–H groups in total. The molecule has 1 aliphatic heterocycles. The molecule has 102 valence electrons. The summed E-state index contributed by atoms with van der Waals surface area (Å²) in [5, 5.41) is 3.50. The van der Waals surface area contributed by atoms with Gasteiger partial charge in [0.05, 0.1) is 12.2 Å². The molecule has 0 bridgehead atoms. The van der Waals surface area contributed by atoms with Crippen molar-refractivity contribution in [3.05, 3.63) is 0 Å². The molecule has 3 aliphatic rings. The van der Waals surface area contributed by atoms with Crippen LogP contribution in [0, 0.1) is 0 Å². The molecule has 0 aromatic rings. The number of amides is 1. The predicted octanol–water partition coefficient (Wildman–Crippen LogP) is 1.17. The zero-order valence-corrected chi connectivity index (χ0v) is 11.7. The Kier molecular flexibility index (Phi) is 2.90. The Morgan fingerprint density at radius 3 is 2.33 bits per heavy atom. The van der Waals surface area contributed by atoms with Crippen LogP contribution in [0.5, 0.6) is 0 Å². The molecule has 4 heteroatoms. The van der Waals surface area contributed by atoms with Crippen LogP contribution >= 0.6 is 0 Å². The molecule has 3 rings (SSSR count). The van der Waals surface area contributed by atoms with Crippen molar-refractivity contribution in [2.45, 2.75) is 56.0 Å². The summed E-state index contributed by atoms with van der Waals surface area (Å²) in [6.07, 6.45) is 8.25. The van der Waals surface area contributed by atoms with Gasteiger partial charge >= 0.3 is 0 Å². The molecule has 18 heavy (non-hydrogen) atoms. The van der Waals surface area contributed by atoms with E-state index in [0.717, 1.165) is 26.1 Å². The summed E-state index contributed by atoms with van der Waals surface area (Å²) in [7, 11) is 4.30. The summed E-state index contributed by atoms with van der Waals surface area (Å²) in [6, 6.07) is 0. The Bertz CT molecular complexity index is 343. The second kappa shape index (κ2) is 4.20. The Morgan fingerprint density at radius 1 is 1.17 bits per heavy atom. The highest BCUT2D eigenvalue weighted by Gasteiger charge is 2.51. The molecule has 1 saturated heterocycles. The summed E-state index contributed by atoms with van der Waals surface area (Å²) in [5.74, 6) is 0.369. The molecule has 0 radical (unpaired) electrons. The molecule has 1 amide bonds. The van der Waals surface area contributed by atoms with E-state index in [1.54, 1.807) is 0 Å². The molecule has 1 spiro atoms. The zero-order valence-electron chi connectivity index (χ0n) is 11.7. The smallest absolute Gasteiger partial charge is 0.244 e. The SMILES string of the molecule is CN(C)C1(CN2CNC3(CCCC3)C2=O)CCC1. The largest absolute Gasteiger partial charge is 0.326 e. The monoisotopic (exact) mass is 251 g/mol. The molecular weight excluding hydrogens is 226 g/mol. The Hall–Kier alpha value is -0.610. The van der Waals surface area contributed by atoms with Crippen molar-refractivity contribution in [2.24, 2.45) is 0 Å². The fourth-order valence-electron chi connectivity index (χ4n) is 3.88. The van der Waals surface area contributed by atoms with E-state index in [9.17, 15) is 4.79 Å². The lowest BCUT2D eigenvalue weighted by atomic mass is 9.75. The summed E-state index contributed by atoms with van der Waals surface area (Å²) < 4.78 is 0. The Labute approximate surface area is 110 Å². The number of carbonyl (C=O) groups is 1. The van der Waals surface area contributed by atoms with Crippen molar-refractivity contribution < 1.29 is 4.79 Å². The second-order valence-corrected chi connectivity index (χ2v) is 6.60. The average Bonchev–Trinajstić information content (AvgIpc) is 2.86. The number of rotatable bonds is 3. The van der Waals surface area contributed by atoms with E-state index in [-0.39, 0.29) is 11.1 Å². The first-order valence-corrected chi connectivity index (χ1v) is 7.30. The summed E-state index contributed by atoms with van der Waals surface area (Å²) in [4.78, 5) is 17.0. The predicted molar refractivity (Wildman–Crippen MR) is 71.2 cm³/mol. The van der Waals surface area contributed by atoms with Crippen LogP contribution in [0.3, 0.4) is 0 Å². The fourth-order valence-corrected chi connectivity index (χ4v) is 3.88. The number of hydrogen-bond acceptors (Lipinski definition) is 3. The molecule has 0 aromatic carbocycles. The van der Waals surface area contributed by atoms with Crippen molar-refractivity contribution in [3.63, 3.8) is 0 Å². The van der Waals surface area contributed by atoms with Gasteiger partial charge < -0.3 is 9.80 Å². The van der Waals surface area contributed by atoms with Gasteiger partial charge in [-0.3, -0.25) is 10.1 Å². The van der Waals surface area contributed by atoms with Crippen LogP contribution in [-0.2, 0) is 4.79 Å². The first kappa shape index (κ1) is 12.4. The van der Waals surface area contributed by atoms with Gasteiger partial charge in [-0.2, -0.15) is 0 Å². The van der Waals surface area contributed by atoms with Gasteiger partial charge in [0.2, 0.25) is 5.91 Å². The quantitative estimate of drug-likeness (QED) is 0.818. The summed E-state index contributed by atoms with van der Waals surface area (Å²) in [5.41, 5.74) is 0.0682. The van der Waals surface area contributed by atoms with Gasteiger partial charge in [0.15, 0.2) is 0 Å². The molecule has 1 heterocycles. The van der Waals surface area contributed by atoms with E-state index < -0.39 is 0 Å². The molecule has 3 fully saturated rings. The fraction of sp³-hybridized carbons (Fsp3) is 0.929. The van der Waals surface area contributed by atoms with E-state index in [1.165, 1.54) is 32.1 Å². The van der Waals surface area contributed by atoms with Crippen LogP contribution in [0.15, 0.2) is 0 Å². The van der Waals surface area contributed by atoms with E-state index in [2.05, 4.69) is 29.2 Å². The topological polar surface area (TPSA) is 35.6 Å². The maximum Gasteiger partial charge on any atom is 0.244 e. The van der Waals surface area contributed by atoms with Gasteiger partial charge in [0, 0.05) is 12.1 Å². The molecule has 0 unspecified atom stereocenters. The lowest BCUT2D eigenvalue weighted by Crippen LogP contribution is -2.58. The van der Waals surface area contributed by atoms with E-state index >= 15 is 0 Å². The van der Waals surface area contributed by atoms with Crippen molar-refractivity contribution in [1.29, 1.82) is 0 Å². The first-order valence-electron chi connectivity index (χ1n) is 7.30. The minimum atomic E-state index is -0.183. The summed E-state index contributed by atoms with van der Waals surface area (Å²) >= 11 is 0. The number of nitrogens with one attached hydrogen (secondary N) is 1. The maximum absolute atomic E-state index is 12.6. The Morgan fingerprint density at radius 2 is 1.83 bits per heavy atom. The standard InChI is InChI=1S/C14H25N3O/c1-16(2)13(6-5-7-13)10-17-11-15-14(12(17)18)8-3-4-9-14/h15H,3-11H2,1-2H3. The average molecular weight is 251 g/mol. The van der Waals surface area contributed by atoms with E-state index in [0.29, 0.717) is 5.91 Å². The van der Waals surface area contributed by atoms with Crippen LogP contribution in [0.1, 0.15) is 44.9 Å². The number of likely N-dealkylation sites (N-methyl/N-ethyl adjacent to an activating group) is 1. The minimum absolute atomic E-state index is 0.183. The molecule has 0 atom stereocenters. The number of carbonyl (C=O) groups excluding carboxylic acids is 1. The van der Waals surface area contributed by atoms with Gasteiger partial charge in [0.1, 0.15) is 0 Å². The van der Waals surface area contributed by atoms with Crippen molar-refractivity contribution in [3.8, 4) is 0 Å². The van der Waals surface area contributed by atoms with Gasteiger partial charge in [0.25, 0.3) is 0 Å². The van der Waals surface area contributed by atoms with Gasteiger partial charge in [-0.1, -0.05) is 12.8 Å². The molecule has 2 aliphatic carbocycles. The van der Waals surface area contributed by atoms with Gasteiger partial charge in [-0.15, -0.1) is 0 Å². The maximum atomic E-state index is 12.6. The highest BCUT2D eigenvalue weighted by molar-refractivity contribution is 5.88. The lowest BCUT2D eigenvalue weighted by molar-refractivity contribution is -0.134. The third-order valence-electron chi connectivity index (χ3n) is 5.48. The molecule has 0 aromatic heterocycles. The first-order chi connectivity index (χ1) is 8.58. The van der Waals surface area contributed by atoms with Crippen LogP contribution in [0.4, 0.5) is 0 Å². The third kappa shape index (κ3) is 1.69. The van der Waals surface area contributed by atoms with E-state index in [1.807, 2.05) is 0 Å². The van der Waals surface area contributed by atoms with Crippen molar-refractivity contribution >= 4 is 5.91 Å². The van der Waals surface area contributed by atoms with Crippen LogP contribution in [0.2, 0.25) is 0 Å². The highest BCUT2D eigenvalue weighted by Crippen LogP contribution is 2.40. The third-order valence-corrected chi connectivity index (χ3v) is 5.48.